The number of diazo groups is 1. The quantitative estimate of drug-likeness (QED) is 0.455. The summed E-state index contributed by atoms with van der Waals surface area (Å²) in [6.45, 7) is 0. The van der Waals surface area contributed by atoms with Gasteiger partial charge in [0.25, 0.3) is 0 Å². The molecule has 0 aliphatic heterocycles. The molecule has 0 aliphatic carbocycles. The molecule has 0 aromatic heterocycles. The van der Waals surface area contributed by atoms with Gasteiger partial charge in [0.05, 0.1) is 22.2 Å². The lowest BCUT2D eigenvalue weighted by Gasteiger charge is -1.91. The molecule has 0 fully saturated rings. The Balaban J connectivity index is 3.35. The van der Waals surface area contributed by atoms with Crippen molar-refractivity contribution in [2.75, 3.05) is 0 Å². The Hall–Kier alpha value is -0.850. The van der Waals surface area contributed by atoms with E-state index in [0.717, 1.165) is 0 Å². The standard InChI is InChI=1S/C6H2Cl2FN2/c7-4-1-3(11-10)2-5(8)6(4)9/h1-2H/q+1. The zero-order valence-electron chi connectivity index (χ0n) is 5.18. The van der Waals surface area contributed by atoms with Crippen LogP contribution in [0.1, 0.15) is 0 Å². The summed E-state index contributed by atoms with van der Waals surface area (Å²) >= 11 is 10.7. The summed E-state index contributed by atoms with van der Waals surface area (Å²) in [6.07, 6.45) is 0. The van der Waals surface area contributed by atoms with Crippen molar-refractivity contribution in [3.05, 3.63) is 33.0 Å². The average Bonchev–Trinajstić information content (AvgIpc) is 1.99. The van der Waals surface area contributed by atoms with Gasteiger partial charge in [-0.15, -0.1) is 0 Å². The molecular formula is C6H2Cl2FN2+. The fourth-order valence-electron chi connectivity index (χ4n) is 0.600. The van der Waals surface area contributed by atoms with Crippen LogP contribution in [0, 0.1) is 11.2 Å². The topological polar surface area (TPSA) is 28.1 Å². The third-order valence-electron chi connectivity index (χ3n) is 1.08. The Morgan fingerprint density at radius 1 is 1.27 bits per heavy atom. The van der Waals surface area contributed by atoms with Crippen molar-refractivity contribution in [1.29, 1.82) is 5.39 Å². The van der Waals surface area contributed by atoms with E-state index in [1.54, 1.807) is 0 Å². The summed E-state index contributed by atoms with van der Waals surface area (Å²) in [4.78, 5) is 2.80. The Kier molecular flexibility index (Phi) is 2.28. The minimum atomic E-state index is -0.708. The fraction of sp³-hybridized carbons (Fsp3) is 0. The zero-order chi connectivity index (χ0) is 8.43. The number of hydrogen-bond donors (Lipinski definition) is 0. The van der Waals surface area contributed by atoms with Crippen LogP contribution in [0.25, 0.3) is 4.98 Å². The molecule has 11 heavy (non-hydrogen) atoms. The molecule has 0 saturated heterocycles. The van der Waals surface area contributed by atoms with Gasteiger partial charge in [-0.1, -0.05) is 23.2 Å². The van der Waals surface area contributed by atoms with Crippen LogP contribution in [0.3, 0.4) is 0 Å². The maximum Gasteiger partial charge on any atom is 0.388 e. The lowest BCUT2D eigenvalue weighted by molar-refractivity contribution is 0.629. The molecule has 0 amide bonds. The molecule has 0 N–H and O–H groups in total. The predicted octanol–water partition coefficient (Wildman–Crippen LogP) is 3.62. The minimum Gasteiger partial charge on any atom is -0.204 e. The summed E-state index contributed by atoms with van der Waals surface area (Å²) in [7, 11) is 0. The van der Waals surface area contributed by atoms with Gasteiger partial charge in [0.2, 0.25) is 5.39 Å². The SMILES string of the molecule is N#[N+]c1cc(Cl)c(F)c(Cl)c1. The van der Waals surface area contributed by atoms with Crippen LogP contribution in [-0.2, 0) is 0 Å². The highest BCUT2D eigenvalue weighted by atomic mass is 35.5. The van der Waals surface area contributed by atoms with Gasteiger partial charge >= 0.3 is 5.69 Å². The van der Waals surface area contributed by atoms with Gasteiger partial charge in [0.1, 0.15) is 0 Å². The van der Waals surface area contributed by atoms with Crippen LogP contribution >= 0.6 is 23.2 Å². The molecule has 0 radical (unpaired) electrons. The molecule has 2 nitrogen and oxygen atoms in total. The Morgan fingerprint density at radius 2 is 1.73 bits per heavy atom. The van der Waals surface area contributed by atoms with Crippen molar-refractivity contribution < 1.29 is 4.39 Å². The molecule has 1 rings (SSSR count). The normalized spacial score (nSPS) is 9.27. The van der Waals surface area contributed by atoms with Gasteiger partial charge in [0, 0.05) is 0 Å². The maximum absolute atomic E-state index is 12.7. The van der Waals surface area contributed by atoms with E-state index in [2.05, 4.69) is 4.98 Å². The number of hydrogen-bond acceptors (Lipinski definition) is 1. The molecule has 0 spiro atoms. The highest BCUT2D eigenvalue weighted by molar-refractivity contribution is 6.35. The van der Waals surface area contributed by atoms with Crippen molar-refractivity contribution >= 4 is 28.9 Å². The number of halogens is 3. The van der Waals surface area contributed by atoms with E-state index in [1.807, 2.05) is 0 Å². The van der Waals surface area contributed by atoms with Crippen molar-refractivity contribution in [2.45, 2.75) is 0 Å². The third kappa shape index (κ3) is 1.59. The highest BCUT2D eigenvalue weighted by Crippen LogP contribution is 2.28. The first-order valence-corrected chi connectivity index (χ1v) is 3.40. The van der Waals surface area contributed by atoms with Crippen LogP contribution in [-0.4, -0.2) is 0 Å². The van der Waals surface area contributed by atoms with E-state index in [1.165, 1.54) is 12.1 Å². The van der Waals surface area contributed by atoms with Crippen molar-refractivity contribution in [3.8, 4) is 0 Å². The van der Waals surface area contributed by atoms with Gasteiger partial charge in [-0.3, -0.25) is 0 Å². The molecule has 0 bridgehead atoms. The van der Waals surface area contributed by atoms with Gasteiger partial charge in [0.15, 0.2) is 10.8 Å². The molecule has 56 valence electrons. The van der Waals surface area contributed by atoms with E-state index < -0.39 is 5.82 Å². The lowest BCUT2D eigenvalue weighted by Crippen LogP contribution is -1.77. The number of nitrogens with zero attached hydrogens (tertiary/aromatic N) is 2. The summed E-state index contributed by atoms with van der Waals surface area (Å²) in [5.74, 6) is -0.708. The monoisotopic (exact) mass is 191 g/mol. The molecule has 0 heterocycles. The van der Waals surface area contributed by atoms with Crippen LogP contribution in [0.4, 0.5) is 10.1 Å². The van der Waals surface area contributed by atoms with Crippen molar-refractivity contribution in [3.63, 3.8) is 0 Å². The average molecular weight is 192 g/mol. The van der Waals surface area contributed by atoms with Crippen LogP contribution in [0.2, 0.25) is 10.0 Å². The molecule has 0 unspecified atom stereocenters. The Morgan fingerprint density at radius 3 is 2.09 bits per heavy atom. The maximum atomic E-state index is 12.7. The third-order valence-corrected chi connectivity index (χ3v) is 1.63. The summed E-state index contributed by atoms with van der Waals surface area (Å²) in [5, 5.41) is 7.94. The predicted molar refractivity (Wildman–Crippen MR) is 41.2 cm³/mol. The molecular weight excluding hydrogens is 190 g/mol. The first-order valence-electron chi connectivity index (χ1n) is 2.65. The molecule has 0 atom stereocenters. The summed E-state index contributed by atoms with van der Waals surface area (Å²) in [5.41, 5.74) is 0.126. The van der Waals surface area contributed by atoms with E-state index in [-0.39, 0.29) is 15.7 Å². The fourth-order valence-corrected chi connectivity index (χ4v) is 1.08. The van der Waals surface area contributed by atoms with Crippen LogP contribution in [0.5, 0.6) is 0 Å². The van der Waals surface area contributed by atoms with Crippen molar-refractivity contribution in [2.24, 2.45) is 0 Å². The number of rotatable bonds is 0. The van der Waals surface area contributed by atoms with Gasteiger partial charge in [-0.25, -0.2) is 4.39 Å². The van der Waals surface area contributed by atoms with E-state index in [9.17, 15) is 4.39 Å². The van der Waals surface area contributed by atoms with E-state index in [4.69, 9.17) is 28.6 Å². The second kappa shape index (κ2) is 3.04. The van der Waals surface area contributed by atoms with Gasteiger partial charge in [-0.2, -0.15) is 0 Å². The molecule has 5 heteroatoms. The molecule has 0 saturated carbocycles. The van der Waals surface area contributed by atoms with Gasteiger partial charge in [-0.05, 0) is 0 Å². The number of benzene rings is 1. The summed E-state index contributed by atoms with van der Waals surface area (Å²) < 4.78 is 12.7. The largest absolute Gasteiger partial charge is 0.388 e. The van der Waals surface area contributed by atoms with E-state index >= 15 is 0 Å². The first kappa shape index (κ1) is 8.25. The van der Waals surface area contributed by atoms with Crippen LogP contribution in [0.15, 0.2) is 12.1 Å². The second-order valence-electron chi connectivity index (χ2n) is 1.82. The first-order chi connectivity index (χ1) is 5.15. The second-order valence-corrected chi connectivity index (χ2v) is 2.64. The lowest BCUT2D eigenvalue weighted by atomic mass is 10.3. The highest BCUT2D eigenvalue weighted by Gasteiger charge is 2.13. The van der Waals surface area contributed by atoms with Crippen molar-refractivity contribution in [1.82, 2.24) is 0 Å². The Bertz CT molecular complexity index is 309. The minimum absolute atomic E-state index is 0.126. The summed E-state index contributed by atoms with van der Waals surface area (Å²) in [6, 6.07) is 2.34. The zero-order valence-corrected chi connectivity index (χ0v) is 6.69. The molecule has 0 aliphatic rings. The van der Waals surface area contributed by atoms with Crippen LogP contribution < -0.4 is 0 Å². The van der Waals surface area contributed by atoms with Gasteiger partial charge < -0.3 is 0 Å². The molecule has 1 aromatic rings. The smallest absolute Gasteiger partial charge is 0.204 e. The Labute approximate surface area is 72.2 Å². The molecule has 1 aromatic carbocycles. The van der Waals surface area contributed by atoms with E-state index in [0.29, 0.717) is 0 Å².